The largest absolute Gasteiger partial charge is 0.471 e. The van der Waals surface area contributed by atoms with Gasteiger partial charge in [-0.2, -0.15) is 13.2 Å². The fraction of sp³-hybridized carbons (Fsp3) is 0.643. The number of nitrogens with one attached hydrogen (secondary N) is 1. The van der Waals surface area contributed by atoms with Crippen molar-refractivity contribution >= 4 is 17.7 Å². The van der Waals surface area contributed by atoms with Crippen molar-refractivity contribution in [3.8, 4) is 0 Å². The average molecular weight is 320 g/mol. The van der Waals surface area contributed by atoms with Crippen LogP contribution in [0, 0.1) is 0 Å². The van der Waals surface area contributed by atoms with Crippen molar-refractivity contribution in [1.82, 2.24) is 10.2 Å². The van der Waals surface area contributed by atoms with E-state index in [9.17, 15) is 18.0 Å². The van der Waals surface area contributed by atoms with Gasteiger partial charge in [-0.05, 0) is 24.2 Å². The lowest BCUT2D eigenvalue weighted by Crippen LogP contribution is -2.49. The van der Waals surface area contributed by atoms with Crippen LogP contribution in [0.5, 0.6) is 0 Å². The number of hydrogen-bond acceptors (Lipinski definition) is 3. The third-order valence-electron chi connectivity index (χ3n) is 3.58. The van der Waals surface area contributed by atoms with Crippen molar-refractivity contribution in [3.63, 3.8) is 0 Å². The minimum Gasteiger partial charge on any atom is -0.335 e. The van der Waals surface area contributed by atoms with Crippen molar-refractivity contribution in [3.05, 3.63) is 23.1 Å². The first-order valence-electron chi connectivity index (χ1n) is 7.05. The van der Waals surface area contributed by atoms with Gasteiger partial charge in [-0.3, -0.25) is 4.79 Å². The van der Waals surface area contributed by atoms with Gasteiger partial charge in [0.2, 0.25) is 0 Å². The molecule has 1 saturated heterocycles. The van der Waals surface area contributed by atoms with Gasteiger partial charge in [-0.15, -0.1) is 11.8 Å². The quantitative estimate of drug-likeness (QED) is 0.791. The summed E-state index contributed by atoms with van der Waals surface area (Å²) in [4.78, 5) is 13.4. The number of piperidine rings is 1. The zero-order chi connectivity index (χ0) is 15.3. The molecular weight excluding hydrogens is 301 g/mol. The smallest absolute Gasteiger partial charge is 0.335 e. The highest BCUT2D eigenvalue weighted by Gasteiger charge is 2.43. The van der Waals surface area contributed by atoms with E-state index in [-0.39, 0.29) is 19.1 Å². The van der Waals surface area contributed by atoms with Gasteiger partial charge in [0.25, 0.3) is 0 Å². The van der Waals surface area contributed by atoms with Gasteiger partial charge < -0.3 is 10.2 Å². The molecule has 0 spiro atoms. The molecule has 0 aromatic carbocycles. The van der Waals surface area contributed by atoms with E-state index < -0.39 is 12.1 Å². The Morgan fingerprint density at radius 2 is 2.10 bits per heavy atom. The Balaban J connectivity index is 1.60. The van der Waals surface area contributed by atoms with Crippen LogP contribution in [0.1, 0.15) is 19.3 Å². The second-order valence-electron chi connectivity index (χ2n) is 5.13. The van der Waals surface area contributed by atoms with Crippen LogP contribution in [0.4, 0.5) is 13.2 Å². The molecule has 2 aliphatic rings. The molecule has 0 unspecified atom stereocenters. The van der Waals surface area contributed by atoms with Gasteiger partial charge in [-0.1, -0.05) is 18.2 Å². The summed E-state index contributed by atoms with van der Waals surface area (Å²) in [5.74, 6) is -0.757. The molecule has 0 bridgehead atoms. The second kappa shape index (κ2) is 7.35. The molecule has 1 aliphatic carbocycles. The second-order valence-corrected chi connectivity index (χ2v) is 6.35. The molecule has 0 radical (unpaired) electrons. The summed E-state index contributed by atoms with van der Waals surface area (Å²) < 4.78 is 36.9. The topological polar surface area (TPSA) is 32.3 Å². The van der Waals surface area contributed by atoms with E-state index in [2.05, 4.69) is 17.5 Å². The molecule has 1 amide bonds. The van der Waals surface area contributed by atoms with E-state index in [1.807, 2.05) is 6.08 Å². The molecule has 21 heavy (non-hydrogen) atoms. The number of amides is 1. The third kappa shape index (κ3) is 5.07. The number of halogens is 3. The fourth-order valence-corrected chi connectivity index (χ4v) is 3.32. The molecular formula is C14H19F3N2OS. The summed E-state index contributed by atoms with van der Waals surface area (Å²) in [5, 5.41) is 3.36. The van der Waals surface area contributed by atoms with Crippen molar-refractivity contribution in [2.24, 2.45) is 0 Å². The van der Waals surface area contributed by atoms with Crippen LogP contribution < -0.4 is 5.32 Å². The van der Waals surface area contributed by atoms with E-state index in [0.717, 1.165) is 23.6 Å². The zero-order valence-electron chi connectivity index (χ0n) is 11.7. The lowest BCUT2D eigenvalue weighted by molar-refractivity contribution is -0.186. The molecule has 7 heteroatoms. The predicted molar refractivity (Wildman–Crippen MR) is 78.0 cm³/mol. The van der Waals surface area contributed by atoms with E-state index in [1.165, 1.54) is 4.91 Å². The molecule has 118 valence electrons. The maximum Gasteiger partial charge on any atom is 0.471 e. The molecule has 0 aromatic heterocycles. The SMILES string of the molecule is O=C(N1CCC(NCCSC2=CC=CC2)CC1)C(F)(F)F. The number of hydrogen-bond donors (Lipinski definition) is 1. The summed E-state index contributed by atoms with van der Waals surface area (Å²) in [7, 11) is 0. The summed E-state index contributed by atoms with van der Waals surface area (Å²) in [6, 6.07) is 0.207. The molecule has 3 nitrogen and oxygen atoms in total. The van der Waals surface area contributed by atoms with E-state index in [4.69, 9.17) is 0 Å². The third-order valence-corrected chi connectivity index (χ3v) is 4.67. The lowest BCUT2D eigenvalue weighted by Gasteiger charge is -2.32. The zero-order valence-corrected chi connectivity index (χ0v) is 12.5. The summed E-state index contributed by atoms with van der Waals surface area (Å²) >= 11 is 1.80. The van der Waals surface area contributed by atoms with Crippen LogP contribution in [-0.4, -0.2) is 48.4 Å². The molecule has 0 saturated carbocycles. The Morgan fingerprint density at radius 3 is 2.67 bits per heavy atom. The maximum absolute atomic E-state index is 12.3. The van der Waals surface area contributed by atoms with Crippen LogP contribution in [0.25, 0.3) is 0 Å². The predicted octanol–water partition coefficient (Wildman–Crippen LogP) is 2.71. The van der Waals surface area contributed by atoms with Crippen molar-refractivity contribution < 1.29 is 18.0 Å². The molecule has 1 N–H and O–H groups in total. The highest BCUT2D eigenvalue weighted by atomic mass is 32.2. The fourth-order valence-electron chi connectivity index (χ4n) is 2.45. The van der Waals surface area contributed by atoms with Gasteiger partial charge in [-0.25, -0.2) is 0 Å². The van der Waals surface area contributed by atoms with Crippen molar-refractivity contribution in [2.75, 3.05) is 25.4 Å². The first kappa shape index (κ1) is 16.4. The number of carbonyl (C=O) groups excluding carboxylic acids is 1. The minimum atomic E-state index is -4.75. The molecule has 1 heterocycles. The number of rotatable bonds is 5. The molecule has 0 atom stereocenters. The standard InChI is InChI=1S/C14H19F3N2OS/c15-14(16,17)13(20)19-8-5-11(6-9-19)18-7-10-21-12-3-1-2-4-12/h1-3,11,18H,4-10H2. The monoisotopic (exact) mass is 320 g/mol. The van der Waals surface area contributed by atoms with E-state index in [1.54, 1.807) is 11.8 Å². The van der Waals surface area contributed by atoms with E-state index >= 15 is 0 Å². The van der Waals surface area contributed by atoms with E-state index in [0.29, 0.717) is 12.8 Å². The van der Waals surface area contributed by atoms with Crippen LogP contribution in [0.15, 0.2) is 23.1 Å². The summed E-state index contributed by atoms with van der Waals surface area (Å²) in [6.45, 7) is 1.19. The Morgan fingerprint density at radius 1 is 1.38 bits per heavy atom. The Hall–Kier alpha value is -0.950. The summed E-state index contributed by atoms with van der Waals surface area (Å²) in [6.07, 6.45) is 3.67. The average Bonchev–Trinajstić information content (AvgIpc) is 2.96. The van der Waals surface area contributed by atoms with Crippen LogP contribution in [0.2, 0.25) is 0 Å². The highest BCUT2D eigenvalue weighted by Crippen LogP contribution is 2.24. The number of likely N-dealkylation sites (tertiary alicyclic amines) is 1. The van der Waals surface area contributed by atoms with Gasteiger partial charge in [0.05, 0.1) is 0 Å². The first-order chi connectivity index (χ1) is 9.97. The summed E-state index contributed by atoms with van der Waals surface area (Å²) in [5.41, 5.74) is 0. The maximum atomic E-state index is 12.3. The highest BCUT2D eigenvalue weighted by molar-refractivity contribution is 8.03. The number of alkyl halides is 3. The van der Waals surface area contributed by atoms with Gasteiger partial charge in [0, 0.05) is 31.4 Å². The van der Waals surface area contributed by atoms with Gasteiger partial charge in [0.15, 0.2) is 0 Å². The molecule has 1 aliphatic heterocycles. The lowest BCUT2D eigenvalue weighted by atomic mass is 10.1. The minimum absolute atomic E-state index is 0.179. The van der Waals surface area contributed by atoms with Crippen LogP contribution >= 0.6 is 11.8 Å². The van der Waals surface area contributed by atoms with Gasteiger partial charge >= 0.3 is 12.1 Å². The molecule has 1 fully saturated rings. The Labute approximate surface area is 126 Å². The Kier molecular flexibility index (Phi) is 5.75. The number of carbonyl (C=O) groups is 1. The van der Waals surface area contributed by atoms with Gasteiger partial charge in [0.1, 0.15) is 0 Å². The van der Waals surface area contributed by atoms with Crippen molar-refractivity contribution in [2.45, 2.75) is 31.5 Å². The van der Waals surface area contributed by atoms with Crippen LogP contribution in [0.3, 0.4) is 0 Å². The molecule has 0 aromatic rings. The number of allylic oxidation sites excluding steroid dienone is 4. The number of nitrogens with zero attached hydrogens (tertiary/aromatic N) is 1. The normalized spacial score (nSPS) is 20.0. The Bertz CT molecular complexity index is 426. The first-order valence-corrected chi connectivity index (χ1v) is 8.03. The number of thioether (sulfide) groups is 1. The van der Waals surface area contributed by atoms with Crippen molar-refractivity contribution in [1.29, 1.82) is 0 Å². The van der Waals surface area contributed by atoms with Crippen LogP contribution in [-0.2, 0) is 4.79 Å². The molecule has 2 rings (SSSR count).